The molecule has 0 saturated carbocycles. The molecule has 158 valence electrons. The number of nitrogens with two attached hydrogens (primary N) is 1. The first-order valence-corrected chi connectivity index (χ1v) is 14.5. The van der Waals surface area contributed by atoms with Gasteiger partial charge in [0.05, 0.1) is 0 Å². The van der Waals surface area contributed by atoms with Gasteiger partial charge in [-0.3, -0.25) is 0 Å². The van der Waals surface area contributed by atoms with Crippen molar-refractivity contribution in [3.05, 3.63) is 29.8 Å². The van der Waals surface area contributed by atoms with Gasteiger partial charge in [-0.1, -0.05) is 0 Å². The van der Waals surface area contributed by atoms with Crippen molar-refractivity contribution in [2.45, 2.75) is 42.5 Å². The molecule has 6 nitrogen and oxygen atoms in total. The Bertz CT molecular complexity index is 582. The second kappa shape index (κ2) is 11.7. The summed E-state index contributed by atoms with van der Waals surface area (Å²) in [7, 11) is -1.16. The summed E-state index contributed by atoms with van der Waals surface area (Å²) in [5.74, 6) is 0. The van der Waals surface area contributed by atoms with E-state index in [2.05, 4.69) is 34.1 Å². The zero-order valence-corrected chi connectivity index (χ0v) is 19.0. The molecule has 8 heteroatoms. The topological polar surface area (TPSA) is 82.2 Å². The number of alkyl halides is 2. The van der Waals surface area contributed by atoms with Crippen molar-refractivity contribution in [2.75, 3.05) is 48.7 Å². The molecule has 3 rings (SSSR count). The molecule has 0 radical (unpaired) electrons. The van der Waals surface area contributed by atoms with E-state index in [1.165, 1.54) is 24.1 Å². The molecular formula is C20H35BIN3O3. The SMILES string of the molecule is NI(CCCCB(O)O)C1CCN(Cc2ccccc2N2CCOCC2)CC1. The number of unbranched alkanes of at least 4 members (excludes halogenated alkanes) is 1. The number of hydrogen-bond acceptors (Lipinski definition) is 6. The number of morpholine rings is 1. The third-order valence-electron chi connectivity index (χ3n) is 5.72. The minimum absolute atomic E-state index is 0.477. The van der Waals surface area contributed by atoms with Gasteiger partial charge in [0.25, 0.3) is 0 Å². The molecule has 1 aromatic carbocycles. The zero-order valence-electron chi connectivity index (χ0n) is 16.8. The standard InChI is InChI=1S/C20H35BIN3O3/c23-22(10-4-3-9-21(26)27)19-7-11-24(12-8-19)17-18-5-1-2-6-20(18)25-13-15-28-16-14-25/h1-2,5-6,19,26-27H,3-4,7-17,23H2. The van der Waals surface area contributed by atoms with Crippen molar-refractivity contribution in [3.8, 4) is 0 Å². The number of nitrogens with zero attached hydrogens (tertiary/aromatic N) is 2. The number of anilines is 1. The first kappa shape index (κ1) is 22.3. The summed E-state index contributed by atoms with van der Waals surface area (Å²) in [5, 5.41) is 17.9. The van der Waals surface area contributed by atoms with Crippen LogP contribution in [0.25, 0.3) is 0 Å². The molecule has 0 aliphatic carbocycles. The van der Waals surface area contributed by atoms with Crippen LogP contribution in [0.5, 0.6) is 0 Å². The fourth-order valence-electron chi connectivity index (χ4n) is 4.07. The molecular weight excluding hydrogens is 468 g/mol. The van der Waals surface area contributed by atoms with E-state index in [1.54, 1.807) is 0 Å². The number of benzene rings is 1. The Hall–Kier alpha value is -0.385. The fraction of sp³-hybridized carbons (Fsp3) is 0.700. The summed E-state index contributed by atoms with van der Waals surface area (Å²) >= 11 is -1.39. The third kappa shape index (κ3) is 6.85. The van der Waals surface area contributed by atoms with Crippen LogP contribution in [0.4, 0.5) is 5.69 Å². The van der Waals surface area contributed by atoms with Crippen molar-refractivity contribution in [1.29, 1.82) is 0 Å². The summed E-state index contributed by atoms with van der Waals surface area (Å²) in [6.45, 7) is 6.90. The number of ether oxygens (including phenoxy) is 1. The maximum absolute atomic E-state index is 8.94. The van der Waals surface area contributed by atoms with Gasteiger partial charge in [0, 0.05) is 0 Å². The number of halogens is 1. The van der Waals surface area contributed by atoms with Crippen molar-refractivity contribution < 1.29 is 14.8 Å². The van der Waals surface area contributed by atoms with E-state index in [4.69, 9.17) is 18.7 Å². The van der Waals surface area contributed by atoms with Crippen LogP contribution in [0, 0.1) is 0 Å². The first-order valence-electron chi connectivity index (χ1n) is 10.5. The molecule has 2 aliphatic heterocycles. The number of para-hydroxylation sites is 1. The monoisotopic (exact) mass is 503 g/mol. The number of likely N-dealkylation sites (tertiary alicyclic amines) is 1. The molecule has 4 N–H and O–H groups in total. The van der Waals surface area contributed by atoms with Crippen LogP contribution in [0.3, 0.4) is 0 Å². The van der Waals surface area contributed by atoms with E-state index in [1.807, 2.05) is 0 Å². The van der Waals surface area contributed by atoms with Crippen LogP contribution in [0.1, 0.15) is 31.2 Å². The number of rotatable bonds is 9. The Morgan fingerprint density at radius 1 is 1.07 bits per heavy atom. The third-order valence-corrected chi connectivity index (χ3v) is 11.2. The molecule has 2 aliphatic rings. The molecule has 0 amide bonds. The van der Waals surface area contributed by atoms with Crippen molar-refractivity contribution in [3.63, 3.8) is 0 Å². The van der Waals surface area contributed by atoms with Gasteiger partial charge in [0.15, 0.2) is 0 Å². The van der Waals surface area contributed by atoms with E-state index in [-0.39, 0.29) is 0 Å². The van der Waals surface area contributed by atoms with Gasteiger partial charge in [-0.15, -0.1) is 0 Å². The Labute approximate surface area is 177 Å². The molecule has 0 aromatic heterocycles. The van der Waals surface area contributed by atoms with Gasteiger partial charge in [0.1, 0.15) is 0 Å². The van der Waals surface area contributed by atoms with E-state index < -0.39 is 27.2 Å². The van der Waals surface area contributed by atoms with Gasteiger partial charge < -0.3 is 0 Å². The first-order chi connectivity index (χ1) is 13.6. The minimum atomic E-state index is -1.39. The predicted octanol–water partition coefficient (Wildman–Crippen LogP) is 2.12. The average Bonchev–Trinajstić information content (AvgIpc) is 2.72. The molecule has 2 saturated heterocycles. The van der Waals surface area contributed by atoms with Crippen LogP contribution in [-0.2, 0) is 11.3 Å². The second-order valence-electron chi connectivity index (χ2n) is 7.78. The van der Waals surface area contributed by atoms with E-state index in [0.717, 1.165) is 67.1 Å². The summed E-state index contributed by atoms with van der Waals surface area (Å²) in [6, 6.07) is 8.81. The van der Waals surface area contributed by atoms with E-state index in [0.29, 0.717) is 6.32 Å². The van der Waals surface area contributed by atoms with E-state index in [9.17, 15) is 0 Å². The van der Waals surface area contributed by atoms with Gasteiger partial charge in [-0.25, -0.2) is 0 Å². The number of piperidine rings is 1. The molecule has 28 heavy (non-hydrogen) atoms. The Balaban J connectivity index is 1.44. The zero-order chi connectivity index (χ0) is 19.8. The van der Waals surface area contributed by atoms with Crippen LogP contribution < -0.4 is 8.85 Å². The van der Waals surface area contributed by atoms with Crippen LogP contribution >= 0.6 is 20.1 Å². The molecule has 1 aromatic rings. The van der Waals surface area contributed by atoms with Crippen LogP contribution in [0.2, 0.25) is 6.32 Å². The fourth-order valence-corrected chi connectivity index (χ4v) is 8.53. The summed E-state index contributed by atoms with van der Waals surface area (Å²) < 4.78 is 14.0. The summed E-state index contributed by atoms with van der Waals surface area (Å²) in [5.41, 5.74) is 2.79. The predicted molar refractivity (Wildman–Crippen MR) is 125 cm³/mol. The average molecular weight is 503 g/mol. The Morgan fingerprint density at radius 3 is 2.50 bits per heavy atom. The van der Waals surface area contributed by atoms with E-state index >= 15 is 0 Å². The van der Waals surface area contributed by atoms with Crippen LogP contribution in [0.15, 0.2) is 24.3 Å². The molecule has 2 fully saturated rings. The van der Waals surface area contributed by atoms with Gasteiger partial charge >= 0.3 is 178 Å². The molecule has 2 heterocycles. The van der Waals surface area contributed by atoms with Gasteiger partial charge in [-0.2, -0.15) is 0 Å². The Morgan fingerprint density at radius 2 is 1.79 bits per heavy atom. The molecule has 0 bridgehead atoms. The maximum atomic E-state index is 8.94. The molecule has 0 unspecified atom stereocenters. The van der Waals surface area contributed by atoms with Crippen molar-refractivity contribution in [1.82, 2.24) is 4.90 Å². The molecule has 0 spiro atoms. The quantitative estimate of drug-likeness (QED) is 0.158. The second-order valence-corrected chi connectivity index (χ2v) is 13.1. The van der Waals surface area contributed by atoms with Crippen molar-refractivity contribution >= 4 is 32.9 Å². The summed E-state index contributed by atoms with van der Waals surface area (Å²) in [6.07, 6.45) is 4.85. The number of hydrogen-bond donors (Lipinski definition) is 3. The molecule has 0 atom stereocenters. The van der Waals surface area contributed by atoms with Crippen LogP contribution in [-0.4, -0.2) is 69.8 Å². The van der Waals surface area contributed by atoms with Gasteiger partial charge in [-0.05, 0) is 0 Å². The summed E-state index contributed by atoms with van der Waals surface area (Å²) in [4.78, 5) is 5.04. The van der Waals surface area contributed by atoms with Gasteiger partial charge in [0.2, 0.25) is 0 Å². The normalized spacial score (nSPS) is 19.7. The van der Waals surface area contributed by atoms with Crippen molar-refractivity contribution in [2.24, 2.45) is 3.95 Å². The Kier molecular flexibility index (Phi) is 9.33.